The van der Waals surface area contributed by atoms with Gasteiger partial charge in [0, 0.05) is 50.4 Å². The second-order valence-corrected chi connectivity index (χ2v) is 13.6. The third-order valence-electron chi connectivity index (χ3n) is 9.73. The molecular formula is C34H44F2N8O2. The maximum atomic E-state index is 14.5. The van der Waals surface area contributed by atoms with Gasteiger partial charge < -0.3 is 30.4 Å². The highest BCUT2D eigenvalue weighted by Gasteiger charge is 2.36. The smallest absolute Gasteiger partial charge is 0.240 e. The van der Waals surface area contributed by atoms with Crippen molar-refractivity contribution in [3.63, 3.8) is 0 Å². The molecule has 12 heteroatoms. The number of likely N-dealkylation sites (tertiary alicyclic amines) is 2. The first-order chi connectivity index (χ1) is 21.9. The standard InChI is InChI=1S/C34H44F2N8O2/c1-19(2)29(37)33(45)41-13-5-7-23(41)17-43-27-11-9-21(35)15-25(27)39-31(43)32-40-26-16-22(36)10-12-28(26)44(32)18-24-8-6-14-42(24)34(46)30(38)20(3)4/h9-12,15-16,19-20,23-24,29-30H,5-8,13-14,17-18,37-38H2,1-4H3/t23-,24-,29+,30+/m0/s1. The van der Waals surface area contributed by atoms with Crippen LogP contribution in [0.2, 0.25) is 0 Å². The lowest BCUT2D eigenvalue weighted by atomic mass is 10.0. The molecule has 4 N–H and O–H groups in total. The summed E-state index contributed by atoms with van der Waals surface area (Å²) in [5.41, 5.74) is 14.9. The van der Waals surface area contributed by atoms with Crippen LogP contribution < -0.4 is 11.5 Å². The number of carbonyl (C=O) groups is 2. The van der Waals surface area contributed by atoms with E-state index in [9.17, 15) is 18.4 Å². The molecule has 4 atom stereocenters. The largest absolute Gasteiger partial charge is 0.337 e. The molecule has 0 bridgehead atoms. The Kier molecular flexibility index (Phi) is 8.86. The molecule has 0 saturated carbocycles. The van der Waals surface area contributed by atoms with Gasteiger partial charge in [0.25, 0.3) is 0 Å². The van der Waals surface area contributed by atoms with Gasteiger partial charge in [-0.05, 0) is 61.8 Å². The molecule has 2 aromatic carbocycles. The van der Waals surface area contributed by atoms with Crippen molar-refractivity contribution in [1.82, 2.24) is 28.9 Å². The number of benzene rings is 2. The number of fused-ring (bicyclic) bond motifs is 2. The van der Waals surface area contributed by atoms with Gasteiger partial charge in [0.2, 0.25) is 11.8 Å². The number of hydrogen-bond acceptors (Lipinski definition) is 6. The Morgan fingerprint density at radius 3 is 1.50 bits per heavy atom. The number of aromatic nitrogens is 4. The Balaban J connectivity index is 1.45. The molecule has 246 valence electrons. The van der Waals surface area contributed by atoms with Gasteiger partial charge >= 0.3 is 0 Å². The maximum Gasteiger partial charge on any atom is 0.240 e. The molecule has 0 unspecified atom stereocenters. The highest BCUT2D eigenvalue weighted by atomic mass is 19.1. The Labute approximate surface area is 267 Å². The lowest BCUT2D eigenvalue weighted by molar-refractivity contribution is -0.135. The number of carbonyl (C=O) groups excluding carboxylic acids is 2. The van der Waals surface area contributed by atoms with Gasteiger partial charge in [-0.3, -0.25) is 9.59 Å². The molecule has 0 radical (unpaired) electrons. The molecule has 2 fully saturated rings. The SMILES string of the molecule is CC(C)[C@@H](N)C(=O)N1CCC[C@H]1Cn1c(-c2nc3cc(F)ccc3n2C[C@@H]2CCCN2C(=O)[C@H](N)C(C)C)nc2cc(F)ccc21. The van der Waals surface area contributed by atoms with Gasteiger partial charge in [-0.15, -0.1) is 0 Å². The van der Waals surface area contributed by atoms with E-state index in [1.807, 2.05) is 46.6 Å². The first kappa shape index (κ1) is 32.1. The summed E-state index contributed by atoms with van der Waals surface area (Å²) in [6.45, 7) is 9.79. The summed E-state index contributed by atoms with van der Waals surface area (Å²) in [5, 5.41) is 0. The summed E-state index contributed by atoms with van der Waals surface area (Å²) in [7, 11) is 0. The molecule has 2 saturated heterocycles. The van der Waals surface area contributed by atoms with Crippen molar-refractivity contribution in [3.05, 3.63) is 48.0 Å². The summed E-state index contributed by atoms with van der Waals surface area (Å²) in [5.74, 6) is -0.0232. The fraction of sp³-hybridized carbons (Fsp3) is 0.529. The van der Waals surface area contributed by atoms with Crippen molar-refractivity contribution in [2.24, 2.45) is 23.3 Å². The minimum atomic E-state index is -0.603. The Morgan fingerprint density at radius 2 is 1.13 bits per heavy atom. The van der Waals surface area contributed by atoms with Crippen molar-refractivity contribution in [1.29, 1.82) is 0 Å². The van der Waals surface area contributed by atoms with Crippen LogP contribution in [0.3, 0.4) is 0 Å². The zero-order chi connectivity index (χ0) is 32.9. The number of halogens is 2. The average molecular weight is 635 g/mol. The van der Waals surface area contributed by atoms with Crippen LogP contribution in [0.15, 0.2) is 36.4 Å². The lowest BCUT2D eigenvalue weighted by Gasteiger charge is -2.30. The summed E-state index contributed by atoms with van der Waals surface area (Å²) in [6.07, 6.45) is 3.26. The molecule has 0 aliphatic carbocycles. The quantitative estimate of drug-likeness (QED) is 0.283. The fourth-order valence-corrected chi connectivity index (χ4v) is 6.92. The van der Waals surface area contributed by atoms with E-state index in [1.165, 1.54) is 24.3 Å². The number of nitrogens with zero attached hydrogens (tertiary/aromatic N) is 6. The second kappa shape index (κ2) is 12.7. The van der Waals surface area contributed by atoms with Crippen molar-refractivity contribution in [3.8, 4) is 11.6 Å². The summed E-state index contributed by atoms with van der Waals surface area (Å²) < 4.78 is 33.0. The van der Waals surface area contributed by atoms with E-state index in [2.05, 4.69) is 0 Å². The van der Waals surface area contributed by atoms with E-state index in [0.717, 1.165) is 25.7 Å². The van der Waals surface area contributed by atoms with E-state index in [4.69, 9.17) is 21.4 Å². The van der Waals surface area contributed by atoms with Crippen LogP contribution in [0.4, 0.5) is 8.78 Å². The van der Waals surface area contributed by atoms with E-state index in [-0.39, 0.29) is 35.7 Å². The first-order valence-corrected chi connectivity index (χ1v) is 16.4. The molecule has 4 heterocycles. The summed E-state index contributed by atoms with van der Waals surface area (Å²) in [4.78, 5) is 40.3. The molecule has 2 aliphatic rings. The minimum Gasteiger partial charge on any atom is -0.337 e. The predicted octanol–water partition coefficient (Wildman–Crippen LogP) is 4.28. The molecule has 4 aromatic rings. The van der Waals surface area contributed by atoms with Crippen LogP contribution in [-0.2, 0) is 22.7 Å². The zero-order valence-corrected chi connectivity index (χ0v) is 27.0. The lowest BCUT2D eigenvalue weighted by Crippen LogP contribution is -2.49. The number of nitrogens with two attached hydrogens (primary N) is 2. The molecule has 10 nitrogen and oxygen atoms in total. The monoisotopic (exact) mass is 634 g/mol. The van der Waals surface area contributed by atoms with Gasteiger partial charge in [0.05, 0.1) is 34.2 Å². The van der Waals surface area contributed by atoms with E-state index < -0.39 is 23.7 Å². The van der Waals surface area contributed by atoms with Gasteiger partial charge in [-0.1, -0.05) is 27.7 Å². The molecular weight excluding hydrogens is 590 g/mol. The van der Waals surface area contributed by atoms with E-state index in [0.29, 0.717) is 59.9 Å². The normalized spacial score (nSPS) is 20.1. The molecule has 2 aromatic heterocycles. The number of amides is 2. The van der Waals surface area contributed by atoms with Crippen LogP contribution >= 0.6 is 0 Å². The Hall–Kier alpha value is -3.90. The highest BCUT2D eigenvalue weighted by molar-refractivity contribution is 5.85. The highest BCUT2D eigenvalue weighted by Crippen LogP contribution is 2.33. The number of hydrogen-bond donors (Lipinski definition) is 2. The van der Waals surface area contributed by atoms with Crippen molar-refractivity contribution in [2.45, 2.75) is 90.6 Å². The molecule has 46 heavy (non-hydrogen) atoms. The Bertz CT molecular complexity index is 1640. The number of imidazole rings is 2. The minimum absolute atomic E-state index is 0.00112. The van der Waals surface area contributed by atoms with Crippen molar-refractivity contribution in [2.75, 3.05) is 13.1 Å². The topological polar surface area (TPSA) is 128 Å². The van der Waals surface area contributed by atoms with Crippen LogP contribution in [0.5, 0.6) is 0 Å². The third kappa shape index (κ3) is 5.88. The van der Waals surface area contributed by atoms with Crippen LogP contribution in [0, 0.1) is 23.5 Å². The predicted molar refractivity (Wildman–Crippen MR) is 173 cm³/mol. The first-order valence-electron chi connectivity index (χ1n) is 16.4. The molecule has 0 spiro atoms. The molecule has 2 aliphatic heterocycles. The van der Waals surface area contributed by atoms with Gasteiger partial charge in [-0.2, -0.15) is 0 Å². The third-order valence-corrected chi connectivity index (χ3v) is 9.73. The van der Waals surface area contributed by atoms with Crippen LogP contribution in [0.1, 0.15) is 53.4 Å². The second-order valence-electron chi connectivity index (χ2n) is 13.6. The maximum absolute atomic E-state index is 14.5. The van der Waals surface area contributed by atoms with E-state index >= 15 is 0 Å². The number of rotatable bonds is 9. The Morgan fingerprint density at radius 1 is 0.739 bits per heavy atom. The van der Waals surface area contributed by atoms with Crippen LogP contribution in [0.25, 0.3) is 33.7 Å². The summed E-state index contributed by atoms with van der Waals surface area (Å²) in [6, 6.07) is 7.46. The fourth-order valence-electron chi connectivity index (χ4n) is 6.92. The van der Waals surface area contributed by atoms with E-state index in [1.54, 1.807) is 12.1 Å². The van der Waals surface area contributed by atoms with Gasteiger partial charge in [-0.25, -0.2) is 18.7 Å². The van der Waals surface area contributed by atoms with Gasteiger partial charge in [0.15, 0.2) is 11.6 Å². The zero-order valence-electron chi connectivity index (χ0n) is 27.0. The average Bonchev–Trinajstić information content (AvgIpc) is 3.81. The van der Waals surface area contributed by atoms with Gasteiger partial charge in [0.1, 0.15) is 11.6 Å². The molecule has 2 amide bonds. The summed E-state index contributed by atoms with van der Waals surface area (Å²) >= 11 is 0. The van der Waals surface area contributed by atoms with Crippen molar-refractivity contribution < 1.29 is 18.4 Å². The molecule has 6 rings (SSSR count). The van der Waals surface area contributed by atoms with Crippen LogP contribution in [-0.4, -0.2) is 78.0 Å². The van der Waals surface area contributed by atoms with Crippen molar-refractivity contribution >= 4 is 33.9 Å².